The van der Waals surface area contributed by atoms with E-state index in [1.54, 1.807) is 12.1 Å². The molecule has 0 bridgehead atoms. The number of hydrogen-bond acceptors (Lipinski definition) is 5. The zero-order valence-electron chi connectivity index (χ0n) is 13.7. The van der Waals surface area contributed by atoms with Crippen molar-refractivity contribution in [2.24, 2.45) is 0 Å². The van der Waals surface area contributed by atoms with Gasteiger partial charge in [-0.15, -0.1) is 0 Å². The molecule has 6 nitrogen and oxygen atoms in total. The Hall–Kier alpha value is -1.92. The molecule has 3 rings (SSSR count). The highest BCUT2D eigenvalue weighted by atomic mass is 16.5. The van der Waals surface area contributed by atoms with E-state index in [0.29, 0.717) is 18.0 Å². The van der Waals surface area contributed by atoms with E-state index in [2.05, 4.69) is 16.8 Å². The van der Waals surface area contributed by atoms with Crippen LogP contribution in [0.4, 0.5) is 5.69 Å². The minimum Gasteiger partial charge on any atom is -0.494 e. The van der Waals surface area contributed by atoms with Gasteiger partial charge in [0.05, 0.1) is 24.8 Å². The van der Waals surface area contributed by atoms with E-state index in [1.165, 1.54) is 4.90 Å². The second kappa shape index (κ2) is 6.68. The van der Waals surface area contributed by atoms with Crippen molar-refractivity contribution in [1.29, 1.82) is 0 Å². The molecule has 0 aromatic heterocycles. The van der Waals surface area contributed by atoms with E-state index >= 15 is 0 Å². The first kappa shape index (κ1) is 16.0. The average Bonchev–Trinajstić information content (AvgIpc) is 2.83. The Kier molecular flexibility index (Phi) is 4.63. The number of nitrogens with zero attached hydrogens (tertiary/aromatic N) is 3. The quantitative estimate of drug-likeness (QED) is 0.775. The Labute approximate surface area is 136 Å². The Balaban J connectivity index is 1.77. The Morgan fingerprint density at radius 1 is 1.17 bits per heavy atom. The molecule has 2 amide bonds. The van der Waals surface area contributed by atoms with Crippen molar-refractivity contribution in [2.45, 2.75) is 19.4 Å². The first-order chi connectivity index (χ1) is 11.1. The molecular formula is C17H23N3O3. The lowest BCUT2D eigenvalue weighted by Gasteiger charge is -2.35. The van der Waals surface area contributed by atoms with Crippen LogP contribution in [-0.2, 0) is 9.59 Å². The molecule has 1 atom stereocenters. The van der Waals surface area contributed by atoms with Gasteiger partial charge in [-0.3, -0.25) is 14.5 Å². The number of piperazine rings is 1. The van der Waals surface area contributed by atoms with Gasteiger partial charge in [0.25, 0.3) is 5.91 Å². The van der Waals surface area contributed by atoms with Crippen molar-refractivity contribution in [3.63, 3.8) is 0 Å². The third kappa shape index (κ3) is 3.23. The second-order valence-corrected chi connectivity index (χ2v) is 6.06. The SMILES string of the molecule is CCOc1cccc(N2C(=O)C[C@@H](N3CCN(C)CC3)C2=O)c1. The third-order valence-electron chi connectivity index (χ3n) is 4.49. The van der Waals surface area contributed by atoms with Crippen molar-refractivity contribution in [1.82, 2.24) is 9.80 Å². The molecule has 2 heterocycles. The Bertz CT molecular complexity index is 597. The molecule has 124 valence electrons. The van der Waals surface area contributed by atoms with Gasteiger partial charge in [0.2, 0.25) is 5.91 Å². The van der Waals surface area contributed by atoms with Gasteiger partial charge in [-0.05, 0) is 26.1 Å². The highest BCUT2D eigenvalue weighted by Crippen LogP contribution is 2.28. The van der Waals surface area contributed by atoms with Crippen LogP contribution in [0.5, 0.6) is 5.75 Å². The number of carbonyl (C=O) groups is 2. The first-order valence-corrected chi connectivity index (χ1v) is 8.12. The first-order valence-electron chi connectivity index (χ1n) is 8.12. The van der Waals surface area contributed by atoms with Gasteiger partial charge < -0.3 is 9.64 Å². The van der Waals surface area contributed by atoms with Gasteiger partial charge in [-0.25, -0.2) is 4.90 Å². The van der Waals surface area contributed by atoms with E-state index in [-0.39, 0.29) is 24.3 Å². The molecule has 0 aliphatic carbocycles. The molecule has 2 aliphatic heterocycles. The molecular weight excluding hydrogens is 294 g/mol. The standard InChI is InChI=1S/C17H23N3O3/c1-3-23-14-6-4-5-13(11-14)20-16(21)12-15(17(20)22)19-9-7-18(2)8-10-19/h4-6,11,15H,3,7-10,12H2,1-2H3/t15-/m1/s1. The van der Waals surface area contributed by atoms with Crippen molar-refractivity contribution < 1.29 is 14.3 Å². The predicted octanol–water partition coefficient (Wildman–Crippen LogP) is 0.965. The number of rotatable bonds is 4. The molecule has 2 saturated heterocycles. The highest BCUT2D eigenvalue weighted by Gasteiger charge is 2.43. The van der Waals surface area contributed by atoms with Crippen LogP contribution in [0, 0.1) is 0 Å². The molecule has 2 aliphatic rings. The van der Waals surface area contributed by atoms with Crippen LogP contribution in [0.25, 0.3) is 0 Å². The molecule has 1 aromatic carbocycles. The van der Waals surface area contributed by atoms with Gasteiger partial charge in [0, 0.05) is 32.2 Å². The number of ether oxygens (including phenoxy) is 1. The molecule has 2 fully saturated rings. The molecule has 0 radical (unpaired) electrons. The molecule has 0 N–H and O–H groups in total. The smallest absolute Gasteiger partial charge is 0.251 e. The summed E-state index contributed by atoms with van der Waals surface area (Å²) in [4.78, 5) is 30.9. The zero-order chi connectivity index (χ0) is 16.4. The molecule has 0 saturated carbocycles. The predicted molar refractivity (Wildman–Crippen MR) is 87.6 cm³/mol. The van der Waals surface area contributed by atoms with Crippen LogP contribution in [0.15, 0.2) is 24.3 Å². The van der Waals surface area contributed by atoms with Crippen LogP contribution in [0.2, 0.25) is 0 Å². The summed E-state index contributed by atoms with van der Waals surface area (Å²) in [6, 6.07) is 6.85. The van der Waals surface area contributed by atoms with Crippen molar-refractivity contribution >= 4 is 17.5 Å². The van der Waals surface area contributed by atoms with Crippen molar-refractivity contribution in [2.75, 3.05) is 44.7 Å². The largest absolute Gasteiger partial charge is 0.494 e. The fourth-order valence-electron chi connectivity index (χ4n) is 3.19. The van der Waals surface area contributed by atoms with Crippen LogP contribution in [0.1, 0.15) is 13.3 Å². The number of benzene rings is 1. The summed E-state index contributed by atoms with van der Waals surface area (Å²) in [6.45, 7) is 5.97. The van der Waals surface area contributed by atoms with E-state index in [1.807, 2.05) is 19.1 Å². The van der Waals surface area contributed by atoms with Gasteiger partial charge in [-0.2, -0.15) is 0 Å². The summed E-state index contributed by atoms with van der Waals surface area (Å²) >= 11 is 0. The van der Waals surface area contributed by atoms with Gasteiger partial charge >= 0.3 is 0 Å². The lowest BCUT2D eigenvalue weighted by atomic mass is 10.2. The molecule has 0 unspecified atom stereocenters. The average molecular weight is 317 g/mol. The third-order valence-corrected chi connectivity index (χ3v) is 4.49. The molecule has 0 spiro atoms. The summed E-state index contributed by atoms with van der Waals surface area (Å²) in [5.41, 5.74) is 0.600. The summed E-state index contributed by atoms with van der Waals surface area (Å²) < 4.78 is 5.47. The number of anilines is 1. The maximum Gasteiger partial charge on any atom is 0.251 e. The monoisotopic (exact) mass is 317 g/mol. The number of imide groups is 1. The maximum absolute atomic E-state index is 12.8. The lowest BCUT2D eigenvalue weighted by Crippen LogP contribution is -2.51. The van der Waals surface area contributed by atoms with Gasteiger partial charge in [0.1, 0.15) is 5.75 Å². The topological polar surface area (TPSA) is 53.1 Å². The number of likely N-dealkylation sites (N-methyl/N-ethyl adjacent to an activating group) is 1. The van der Waals surface area contributed by atoms with Crippen LogP contribution >= 0.6 is 0 Å². The lowest BCUT2D eigenvalue weighted by molar-refractivity contribution is -0.123. The number of carbonyl (C=O) groups excluding carboxylic acids is 2. The van der Waals surface area contributed by atoms with Crippen LogP contribution < -0.4 is 9.64 Å². The fourth-order valence-corrected chi connectivity index (χ4v) is 3.19. The summed E-state index contributed by atoms with van der Waals surface area (Å²) in [6.07, 6.45) is 0.265. The normalized spacial score (nSPS) is 23.6. The van der Waals surface area contributed by atoms with E-state index in [9.17, 15) is 9.59 Å². The van der Waals surface area contributed by atoms with E-state index < -0.39 is 0 Å². The van der Waals surface area contributed by atoms with Crippen molar-refractivity contribution in [3.8, 4) is 5.75 Å². The highest BCUT2D eigenvalue weighted by molar-refractivity contribution is 6.22. The van der Waals surface area contributed by atoms with Gasteiger partial charge in [0.15, 0.2) is 0 Å². The van der Waals surface area contributed by atoms with Crippen LogP contribution in [0.3, 0.4) is 0 Å². The minimum atomic E-state index is -0.327. The molecule has 6 heteroatoms. The summed E-state index contributed by atoms with van der Waals surface area (Å²) in [5.74, 6) is 0.425. The Morgan fingerprint density at radius 3 is 2.61 bits per heavy atom. The molecule has 23 heavy (non-hydrogen) atoms. The second-order valence-electron chi connectivity index (χ2n) is 6.06. The summed E-state index contributed by atoms with van der Waals surface area (Å²) in [7, 11) is 2.07. The zero-order valence-corrected chi connectivity index (χ0v) is 13.7. The minimum absolute atomic E-state index is 0.117. The van der Waals surface area contributed by atoms with E-state index in [4.69, 9.17) is 4.74 Å². The van der Waals surface area contributed by atoms with E-state index in [0.717, 1.165) is 26.2 Å². The van der Waals surface area contributed by atoms with Gasteiger partial charge in [-0.1, -0.05) is 6.07 Å². The van der Waals surface area contributed by atoms with Crippen molar-refractivity contribution in [3.05, 3.63) is 24.3 Å². The Morgan fingerprint density at radius 2 is 1.91 bits per heavy atom. The fraction of sp³-hybridized carbons (Fsp3) is 0.529. The number of amides is 2. The van der Waals surface area contributed by atoms with Crippen LogP contribution in [-0.4, -0.2) is 67.5 Å². The number of hydrogen-bond donors (Lipinski definition) is 0. The molecule has 1 aromatic rings. The summed E-state index contributed by atoms with van der Waals surface area (Å²) in [5, 5.41) is 0. The maximum atomic E-state index is 12.8.